The van der Waals surface area contributed by atoms with E-state index in [1.54, 1.807) is 12.1 Å². The summed E-state index contributed by atoms with van der Waals surface area (Å²) < 4.78 is 13.0. The Morgan fingerprint density at radius 3 is 2.65 bits per heavy atom. The molecule has 2 aromatic carbocycles. The van der Waals surface area contributed by atoms with Crippen LogP contribution in [-0.2, 0) is 6.42 Å². The zero-order valence-corrected chi connectivity index (χ0v) is 11.4. The van der Waals surface area contributed by atoms with E-state index < -0.39 is 0 Å². The summed E-state index contributed by atoms with van der Waals surface area (Å²) in [6.07, 6.45) is 1.97. The van der Waals surface area contributed by atoms with Gasteiger partial charge in [-0.25, -0.2) is 4.39 Å². The second kappa shape index (κ2) is 5.08. The monoisotopic (exact) mass is 269 g/mol. The molecule has 2 nitrogen and oxygen atoms in total. The molecule has 0 atom stereocenters. The van der Waals surface area contributed by atoms with Crippen LogP contribution in [0, 0.1) is 12.7 Å². The normalized spacial score (nSPS) is 14.0. The summed E-state index contributed by atoms with van der Waals surface area (Å²) in [5.41, 5.74) is 3.87. The molecule has 0 radical (unpaired) electrons. The van der Waals surface area contributed by atoms with Crippen LogP contribution in [0.5, 0.6) is 0 Å². The smallest absolute Gasteiger partial charge is 0.258 e. The SMILES string of the molecule is Cc1cccc2c1N(C(=O)c1ccc(F)cc1)CCC2. The number of aryl methyl sites for hydroxylation is 2. The number of hydrogen-bond donors (Lipinski definition) is 0. The highest BCUT2D eigenvalue weighted by Gasteiger charge is 2.24. The van der Waals surface area contributed by atoms with E-state index in [9.17, 15) is 9.18 Å². The molecule has 0 bridgehead atoms. The number of amides is 1. The Bertz CT molecular complexity index is 649. The zero-order valence-electron chi connectivity index (χ0n) is 11.4. The second-order valence-corrected chi connectivity index (χ2v) is 5.15. The van der Waals surface area contributed by atoms with Crippen molar-refractivity contribution < 1.29 is 9.18 Å². The number of nitrogens with zero attached hydrogens (tertiary/aromatic N) is 1. The lowest BCUT2D eigenvalue weighted by atomic mass is 9.97. The molecule has 1 heterocycles. The average Bonchev–Trinajstić information content (AvgIpc) is 2.47. The van der Waals surface area contributed by atoms with Gasteiger partial charge in [-0.15, -0.1) is 0 Å². The fourth-order valence-electron chi connectivity index (χ4n) is 2.80. The Morgan fingerprint density at radius 2 is 1.90 bits per heavy atom. The van der Waals surface area contributed by atoms with Gasteiger partial charge < -0.3 is 4.90 Å². The molecule has 0 spiro atoms. The van der Waals surface area contributed by atoms with E-state index in [2.05, 4.69) is 6.07 Å². The van der Waals surface area contributed by atoms with Gasteiger partial charge in [0.05, 0.1) is 5.69 Å². The van der Waals surface area contributed by atoms with Crippen LogP contribution in [0.4, 0.5) is 10.1 Å². The summed E-state index contributed by atoms with van der Waals surface area (Å²) >= 11 is 0. The van der Waals surface area contributed by atoms with Gasteiger partial charge in [-0.3, -0.25) is 4.79 Å². The molecule has 102 valence electrons. The molecule has 3 heteroatoms. The van der Waals surface area contributed by atoms with Crippen molar-refractivity contribution in [1.29, 1.82) is 0 Å². The first-order valence-corrected chi connectivity index (χ1v) is 6.83. The zero-order chi connectivity index (χ0) is 14.1. The summed E-state index contributed by atoms with van der Waals surface area (Å²) in [6, 6.07) is 11.9. The highest BCUT2D eigenvalue weighted by molar-refractivity contribution is 6.07. The van der Waals surface area contributed by atoms with Crippen LogP contribution in [-0.4, -0.2) is 12.5 Å². The van der Waals surface area contributed by atoms with Crippen LogP contribution in [0.15, 0.2) is 42.5 Å². The lowest BCUT2D eigenvalue weighted by Crippen LogP contribution is -2.36. The van der Waals surface area contributed by atoms with Gasteiger partial charge in [0.2, 0.25) is 0 Å². The van der Waals surface area contributed by atoms with Crippen LogP contribution in [0.1, 0.15) is 27.9 Å². The van der Waals surface area contributed by atoms with Crippen molar-refractivity contribution in [3.05, 3.63) is 65.0 Å². The van der Waals surface area contributed by atoms with Crippen molar-refractivity contribution in [2.24, 2.45) is 0 Å². The van der Waals surface area contributed by atoms with Gasteiger partial charge in [0.15, 0.2) is 0 Å². The van der Waals surface area contributed by atoms with Gasteiger partial charge in [0.1, 0.15) is 5.82 Å². The Balaban J connectivity index is 2.00. The molecule has 20 heavy (non-hydrogen) atoms. The van der Waals surface area contributed by atoms with Gasteiger partial charge in [-0.1, -0.05) is 18.2 Å². The Hall–Kier alpha value is -2.16. The van der Waals surface area contributed by atoms with E-state index in [-0.39, 0.29) is 11.7 Å². The number of para-hydroxylation sites is 1. The molecule has 1 aliphatic rings. The van der Waals surface area contributed by atoms with Crippen LogP contribution in [0.2, 0.25) is 0 Å². The van der Waals surface area contributed by atoms with Crippen molar-refractivity contribution in [2.45, 2.75) is 19.8 Å². The van der Waals surface area contributed by atoms with Gasteiger partial charge in [0.25, 0.3) is 5.91 Å². The first-order valence-electron chi connectivity index (χ1n) is 6.83. The van der Waals surface area contributed by atoms with Crippen molar-refractivity contribution >= 4 is 11.6 Å². The van der Waals surface area contributed by atoms with Crippen molar-refractivity contribution in [1.82, 2.24) is 0 Å². The molecule has 0 aromatic heterocycles. The summed E-state index contributed by atoms with van der Waals surface area (Å²) in [6.45, 7) is 2.74. The van der Waals surface area contributed by atoms with Crippen molar-refractivity contribution in [3.8, 4) is 0 Å². The molecular weight excluding hydrogens is 253 g/mol. The van der Waals surface area contributed by atoms with Gasteiger partial charge in [0, 0.05) is 12.1 Å². The second-order valence-electron chi connectivity index (χ2n) is 5.15. The Morgan fingerprint density at radius 1 is 1.15 bits per heavy atom. The highest BCUT2D eigenvalue weighted by atomic mass is 19.1. The number of anilines is 1. The standard InChI is InChI=1S/C17H16FNO/c1-12-4-2-5-13-6-3-11-19(16(12)13)17(20)14-7-9-15(18)10-8-14/h2,4-5,7-10H,3,6,11H2,1H3. The first kappa shape index (κ1) is 12.9. The lowest BCUT2D eigenvalue weighted by Gasteiger charge is -2.31. The largest absolute Gasteiger partial charge is 0.308 e. The van der Waals surface area contributed by atoms with Gasteiger partial charge in [-0.2, -0.15) is 0 Å². The molecule has 1 aliphatic heterocycles. The number of rotatable bonds is 1. The average molecular weight is 269 g/mol. The molecule has 1 amide bonds. The minimum absolute atomic E-state index is 0.0553. The predicted molar refractivity (Wildman–Crippen MR) is 77.6 cm³/mol. The van der Waals surface area contributed by atoms with E-state index >= 15 is 0 Å². The summed E-state index contributed by atoms with van der Waals surface area (Å²) in [5, 5.41) is 0. The number of carbonyl (C=O) groups excluding carboxylic acids is 1. The number of carbonyl (C=O) groups is 1. The van der Waals surface area contributed by atoms with E-state index in [0.29, 0.717) is 12.1 Å². The predicted octanol–water partition coefficient (Wildman–Crippen LogP) is 3.73. The topological polar surface area (TPSA) is 20.3 Å². The maximum atomic E-state index is 13.0. The number of hydrogen-bond acceptors (Lipinski definition) is 1. The summed E-state index contributed by atoms with van der Waals surface area (Å²) in [7, 11) is 0. The molecule has 0 saturated heterocycles. The number of fused-ring (bicyclic) bond motifs is 1. The maximum absolute atomic E-state index is 13.0. The van der Waals surface area contributed by atoms with Crippen LogP contribution >= 0.6 is 0 Å². The fraction of sp³-hybridized carbons (Fsp3) is 0.235. The van der Waals surface area contributed by atoms with Crippen LogP contribution < -0.4 is 4.90 Å². The molecule has 0 saturated carbocycles. The molecule has 3 rings (SSSR count). The van der Waals surface area contributed by atoms with E-state index in [1.165, 1.54) is 17.7 Å². The summed E-state index contributed by atoms with van der Waals surface area (Å²) in [5.74, 6) is -0.378. The number of halogens is 1. The van der Waals surface area contributed by atoms with Crippen LogP contribution in [0.25, 0.3) is 0 Å². The van der Waals surface area contributed by atoms with E-state index in [1.807, 2.05) is 24.0 Å². The quantitative estimate of drug-likeness (QED) is 0.772. The minimum atomic E-state index is -0.322. The molecule has 0 N–H and O–H groups in total. The highest BCUT2D eigenvalue weighted by Crippen LogP contribution is 2.31. The molecule has 0 aliphatic carbocycles. The lowest BCUT2D eigenvalue weighted by molar-refractivity contribution is 0.0985. The fourth-order valence-corrected chi connectivity index (χ4v) is 2.80. The maximum Gasteiger partial charge on any atom is 0.258 e. The minimum Gasteiger partial charge on any atom is -0.308 e. The van der Waals surface area contributed by atoms with Gasteiger partial charge in [-0.05, 0) is 55.2 Å². The molecule has 0 unspecified atom stereocenters. The first-order chi connectivity index (χ1) is 9.66. The van der Waals surface area contributed by atoms with Crippen molar-refractivity contribution in [3.63, 3.8) is 0 Å². The third-order valence-corrected chi connectivity index (χ3v) is 3.76. The Kier molecular flexibility index (Phi) is 3.26. The third kappa shape index (κ3) is 2.20. The van der Waals surface area contributed by atoms with Crippen molar-refractivity contribution in [2.75, 3.05) is 11.4 Å². The molecule has 0 fully saturated rings. The molecular formula is C17H16FNO. The van der Waals surface area contributed by atoms with E-state index in [4.69, 9.17) is 0 Å². The number of benzene rings is 2. The summed E-state index contributed by atoms with van der Waals surface area (Å²) in [4.78, 5) is 14.5. The van der Waals surface area contributed by atoms with Crippen LogP contribution in [0.3, 0.4) is 0 Å². The third-order valence-electron chi connectivity index (χ3n) is 3.76. The van der Waals surface area contributed by atoms with Gasteiger partial charge >= 0.3 is 0 Å². The molecule has 2 aromatic rings. The Labute approximate surface area is 117 Å². The van der Waals surface area contributed by atoms with E-state index in [0.717, 1.165) is 24.1 Å².